The van der Waals surface area contributed by atoms with Crippen LogP contribution >= 0.6 is 11.8 Å². The number of fused-ring (bicyclic) bond motifs is 4. The van der Waals surface area contributed by atoms with E-state index in [-0.39, 0.29) is 16.6 Å². The number of aromatic nitrogens is 4. The molecule has 2 aromatic carbocycles. The fourth-order valence-corrected chi connectivity index (χ4v) is 6.59. The minimum Gasteiger partial charge on any atom is -0.486 e. The molecule has 1 saturated heterocycles. The van der Waals surface area contributed by atoms with Gasteiger partial charge in [-0.2, -0.15) is 4.31 Å². The number of rotatable bonds is 6. The molecule has 2 aliphatic rings. The number of anilines is 1. The number of benzene rings is 2. The summed E-state index contributed by atoms with van der Waals surface area (Å²) >= 11 is 1.15. The first kappa shape index (κ1) is 23.9. The number of nitrogens with one attached hydrogen (secondary N) is 2. The Kier molecular flexibility index (Phi) is 6.34. The van der Waals surface area contributed by atoms with Crippen molar-refractivity contribution in [1.82, 2.24) is 24.5 Å². The van der Waals surface area contributed by atoms with Gasteiger partial charge in [-0.15, -0.1) is 10.2 Å². The maximum Gasteiger partial charge on any atom is 0.243 e. The van der Waals surface area contributed by atoms with Gasteiger partial charge in [0.05, 0.1) is 10.6 Å². The van der Waals surface area contributed by atoms with Crippen LogP contribution in [-0.2, 0) is 14.8 Å². The number of hydrogen-bond acceptors (Lipinski definition) is 9. The zero-order valence-corrected chi connectivity index (χ0v) is 21.4. The summed E-state index contributed by atoms with van der Waals surface area (Å²) in [6.07, 6.45) is 2.80. The quantitative estimate of drug-likeness (QED) is 0.353. The smallest absolute Gasteiger partial charge is 0.243 e. The van der Waals surface area contributed by atoms with Crippen molar-refractivity contribution in [2.45, 2.75) is 29.3 Å². The van der Waals surface area contributed by atoms with Crippen LogP contribution in [0.4, 0.5) is 5.69 Å². The summed E-state index contributed by atoms with van der Waals surface area (Å²) in [6, 6.07) is 10.2. The fourth-order valence-electron chi connectivity index (χ4n) is 4.46. The molecule has 2 aromatic heterocycles. The van der Waals surface area contributed by atoms with Gasteiger partial charge >= 0.3 is 0 Å². The molecule has 0 unspecified atom stereocenters. The molecule has 37 heavy (non-hydrogen) atoms. The molecular weight excluding hydrogens is 516 g/mol. The van der Waals surface area contributed by atoms with Gasteiger partial charge in [0.2, 0.25) is 21.1 Å². The van der Waals surface area contributed by atoms with Gasteiger partial charge in [0, 0.05) is 35.7 Å². The molecule has 6 rings (SSSR count). The first-order chi connectivity index (χ1) is 18.0. The minimum atomic E-state index is -3.57. The summed E-state index contributed by atoms with van der Waals surface area (Å²) in [7, 11) is -3.57. The van der Waals surface area contributed by atoms with Crippen molar-refractivity contribution >= 4 is 55.4 Å². The van der Waals surface area contributed by atoms with E-state index >= 15 is 0 Å². The van der Waals surface area contributed by atoms with Crippen LogP contribution in [0.2, 0.25) is 0 Å². The third-order valence-electron chi connectivity index (χ3n) is 6.28. The van der Waals surface area contributed by atoms with Crippen molar-refractivity contribution in [3.8, 4) is 11.5 Å². The van der Waals surface area contributed by atoms with Gasteiger partial charge in [-0.25, -0.2) is 13.4 Å². The number of carbonyl (C=O) groups is 1. The largest absolute Gasteiger partial charge is 0.486 e. The maximum atomic E-state index is 13.1. The molecule has 0 spiro atoms. The molecule has 0 saturated carbocycles. The van der Waals surface area contributed by atoms with E-state index in [1.165, 1.54) is 0 Å². The van der Waals surface area contributed by atoms with E-state index < -0.39 is 10.0 Å². The van der Waals surface area contributed by atoms with Crippen molar-refractivity contribution in [3.05, 3.63) is 36.4 Å². The van der Waals surface area contributed by atoms with Gasteiger partial charge in [-0.3, -0.25) is 4.79 Å². The topological polar surface area (TPSA) is 139 Å². The van der Waals surface area contributed by atoms with Crippen molar-refractivity contribution in [2.24, 2.45) is 0 Å². The van der Waals surface area contributed by atoms with Crippen LogP contribution in [0, 0.1) is 0 Å². The van der Waals surface area contributed by atoms with Crippen LogP contribution in [0.25, 0.3) is 22.1 Å². The average Bonchev–Trinajstić information content (AvgIpc) is 3.29. The van der Waals surface area contributed by atoms with E-state index in [2.05, 4.69) is 25.5 Å². The van der Waals surface area contributed by atoms with Gasteiger partial charge in [0.1, 0.15) is 18.7 Å². The molecular formula is C24H24N6O5S2. The van der Waals surface area contributed by atoms with Crippen molar-refractivity contribution < 1.29 is 22.7 Å². The van der Waals surface area contributed by atoms with Crippen molar-refractivity contribution in [2.75, 3.05) is 37.4 Å². The third kappa shape index (κ3) is 4.81. The first-order valence-corrected chi connectivity index (χ1v) is 14.4. The predicted molar refractivity (Wildman–Crippen MR) is 139 cm³/mol. The second-order valence-electron chi connectivity index (χ2n) is 8.78. The monoisotopic (exact) mass is 540 g/mol. The molecule has 0 aliphatic carbocycles. The number of carbonyl (C=O) groups excluding carboxylic acids is 1. The van der Waals surface area contributed by atoms with E-state index in [0.29, 0.717) is 70.7 Å². The van der Waals surface area contributed by atoms with E-state index in [9.17, 15) is 13.2 Å². The Hall–Kier alpha value is -3.42. The van der Waals surface area contributed by atoms with Gasteiger partial charge in [0.15, 0.2) is 17.1 Å². The van der Waals surface area contributed by atoms with Crippen molar-refractivity contribution in [3.63, 3.8) is 0 Å². The number of amides is 1. The van der Waals surface area contributed by atoms with Crippen LogP contribution < -0.4 is 14.8 Å². The molecule has 192 valence electrons. The summed E-state index contributed by atoms with van der Waals surface area (Å²) in [4.78, 5) is 20.4. The Morgan fingerprint density at radius 3 is 2.68 bits per heavy atom. The van der Waals surface area contributed by atoms with E-state index in [4.69, 9.17) is 9.47 Å². The maximum absolute atomic E-state index is 13.1. The lowest BCUT2D eigenvalue weighted by Gasteiger charge is -2.25. The standard InChI is InChI=1S/C24H24N6O5S2/c31-21(25-15-4-7-19-20(12-15)35-11-10-34-19)14-36-24-27-23-22(28-29-24)17-13-16(5-6-18(17)26-23)37(32,33)30-8-2-1-3-9-30/h4-7,12-13H,1-3,8-11,14H2,(H,25,31)(H,26,27,29). The molecule has 2 aliphatic heterocycles. The lowest BCUT2D eigenvalue weighted by Crippen LogP contribution is -2.35. The lowest BCUT2D eigenvalue weighted by atomic mass is 10.2. The molecule has 0 atom stereocenters. The number of nitrogens with zero attached hydrogens (tertiary/aromatic N) is 4. The number of H-pyrrole nitrogens is 1. The summed E-state index contributed by atoms with van der Waals surface area (Å²) in [5.74, 6) is 1.11. The highest BCUT2D eigenvalue weighted by atomic mass is 32.2. The molecule has 4 heterocycles. The number of piperidine rings is 1. The first-order valence-electron chi connectivity index (χ1n) is 12.0. The molecule has 0 radical (unpaired) electrons. The van der Waals surface area contributed by atoms with E-state index in [0.717, 1.165) is 31.0 Å². The molecule has 0 bridgehead atoms. The normalized spacial score (nSPS) is 16.2. The number of ether oxygens (including phenoxy) is 2. The highest BCUT2D eigenvalue weighted by molar-refractivity contribution is 7.99. The highest BCUT2D eigenvalue weighted by Crippen LogP contribution is 2.33. The van der Waals surface area contributed by atoms with Gasteiger partial charge in [-0.05, 0) is 43.2 Å². The number of thioether (sulfide) groups is 1. The van der Waals surface area contributed by atoms with Crippen LogP contribution in [0.3, 0.4) is 0 Å². The Morgan fingerprint density at radius 1 is 1.03 bits per heavy atom. The minimum absolute atomic E-state index is 0.0834. The third-order valence-corrected chi connectivity index (χ3v) is 9.01. The van der Waals surface area contributed by atoms with Crippen LogP contribution in [0.15, 0.2) is 46.5 Å². The summed E-state index contributed by atoms with van der Waals surface area (Å²) in [6.45, 7) is 2.05. The second-order valence-corrected chi connectivity index (χ2v) is 11.7. The van der Waals surface area contributed by atoms with E-state index in [1.54, 1.807) is 40.7 Å². The summed E-state index contributed by atoms with van der Waals surface area (Å²) in [5, 5.41) is 12.2. The molecule has 13 heteroatoms. The Morgan fingerprint density at radius 2 is 1.84 bits per heavy atom. The summed E-state index contributed by atoms with van der Waals surface area (Å²) in [5.41, 5.74) is 2.28. The number of sulfonamides is 1. The Bertz CT molecular complexity index is 1600. The van der Waals surface area contributed by atoms with Gasteiger partial charge in [0.25, 0.3) is 0 Å². The summed E-state index contributed by atoms with van der Waals surface area (Å²) < 4.78 is 38.8. The molecule has 11 nitrogen and oxygen atoms in total. The molecule has 4 aromatic rings. The predicted octanol–water partition coefficient (Wildman–Crippen LogP) is 3.18. The molecule has 2 N–H and O–H groups in total. The molecule has 1 amide bonds. The zero-order valence-electron chi connectivity index (χ0n) is 19.8. The van der Waals surface area contributed by atoms with Gasteiger partial charge in [-0.1, -0.05) is 18.2 Å². The van der Waals surface area contributed by atoms with Crippen LogP contribution in [-0.4, -0.2) is 70.9 Å². The van der Waals surface area contributed by atoms with Crippen LogP contribution in [0.1, 0.15) is 19.3 Å². The number of aromatic amines is 1. The Balaban J connectivity index is 1.16. The highest BCUT2D eigenvalue weighted by Gasteiger charge is 2.26. The number of hydrogen-bond donors (Lipinski definition) is 2. The second kappa shape index (κ2) is 9.80. The molecule has 1 fully saturated rings. The SMILES string of the molecule is O=C(CSc1nnc2c(n1)[nH]c1ccc(S(=O)(=O)N3CCCCC3)cc12)Nc1ccc2c(c1)OCCO2. The lowest BCUT2D eigenvalue weighted by molar-refractivity contribution is -0.113. The average molecular weight is 541 g/mol. The van der Waals surface area contributed by atoms with Crippen LogP contribution in [0.5, 0.6) is 11.5 Å². The van der Waals surface area contributed by atoms with Crippen molar-refractivity contribution in [1.29, 1.82) is 0 Å². The Labute approximate surface area is 217 Å². The van der Waals surface area contributed by atoms with E-state index in [1.807, 2.05) is 0 Å². The zero-order chi connectivity index (χ0) is 25.4. The van der Waals surface area contributed by atoms with Gasteiger partial charge < -0.3 is 19.8 Å². The fraction of sp³-hybridized carbons (Fsp3) is 0.333.